The van der Waals surface area contributed by atoms with Crippen LogP contribution in [-0.4, -0.2) is 17.4 Å². The summed E-state index contributed by atoms with van der Waals surface area (Å²) >= 11 is 0. The second kappa shape index (κ2) is 4.95. The molecule has 0 aliphatic heterocycles. The molecule has 0 aliphatic carbocycles. The monoisotopic (exact) mass is 314 g/mol. The smallest absolute Gasteiger partial charge is 0.237 e. The molecule has 0 atom stereocenters. The van der Waals surface area contributed by atoms with Gasteiger partial charge in [-0.15, -0.1) is 0 Å². The van der Waals surface area contributed by atoms with Crippen molar-refractivity contribution in [1.82, 2.24) is 8.96 Å². The van der Waals surface area contributed by atoms with Crippen LogP contribution in [0.4, 0.5) is 0 Å². The molecular weight excluding hydrogens is 296 g/mol. The molecule has 1 aromatic carbocycles. The van der Waals surface area contributed by atoms with Crippen molar-refractivity contribution in [3.63, 3.8) is 0 Å². The summed E-state index contributed by atoms with van der Waals surface area (Å²) in [6.45, 7) is 5.99. The van der Waals surface area contributed by atoms with Crippen molar-refractivity contribution in [2.24, 2.45) is 0 Å². The third-order valence-electron chi connectivity index (χ3n) is 3.57. The highest BCUT2D eigenvalue weighted by atomic mass is 32.2. The van der Waals surface area contributed by atoms with Crippen LogP contribution >= 0.6 is 0 Å². The van der Waals surface area contributed by atoms with E-state index in [2.05, 4.69) is 4.98 Å². The number of rotatable bonds is 2. The topological polar surface area (TPSA) is 52.0 Å². The summed E-state index contributed by atoms with van der Waals surface area (Å²) in [5.41, 5.74) is 0.879. The first kappa shape index (κ1) is 14.8. The fourth-order valence-corrected chi connectivity index (χ4v) is 4.15. The molecule has 0 aliphatic rings. The van der Waals surface area contributed by atoms with E-state index in [4.69, 9.17) is 0 Å². The van der Waals surface area contributed by atoms with E-state index in [9.17, 15) is 8.42 Å². The van der Waals surface area contributed by atoms with E-state index in [0.717, 1.165) is 11.1 Å². The summed E-state index contributed by atoms with van der Waals surface area (Å²) in [4.78, 5) is 4.56. The summed E-state index contributed by atoms with van der Waals surface area (Å²) in [6.07, 6.45) is 1.62. The molecule has 0 amide bonds. The lowest BCUT2D eigenvalue weighted by Gasteiger charge is -2.21. The normalized spacial score (nSPS) is 12.7. The second-order valence-corrected chi connectivity index (χ2v) is 8.06. The fraction of sp³-hybridized carbons (Fsp3) is 0.235. The molecule has 4 nitrogen and oxygen atoms in total. The lowest BCUT2D eigenvalue weighted by Crippen LogP contribution is -2.23. The summed E-state index contributed by atoms with van der Waals surface area (Å²) in [6, 6.07) is 14.1. The van der Waals surface area contributed by atoms with Gasteiger partial charge >= 0.3 is 0 Å². The van der Waals surface area contributed by atoms with Crippen LogP contribution in [-0.2, 0) is 15.4 Å². The molecule has 0 spiro atoms. The fourth-order valence-electron chi connectivity index (χ4n) is 2.47. The first-order valence-electron chi connectivity index (χ1n) is 7.09. The highest BCUT2D eigenvalue weighted by Crippen LogP contribution is 2.31. The van der Waals surface area contributed by atoms with Crippen molar-refractivity contribution in [3.8, 4) is 0 Å². The summed E-state index contributed by atoms with van der Waals surface area (Å²) in [5.74, 6) is 0. The van der Waals surface area contributed by atoms with Gasteiger partial charge in [-0.2, -0.15) is 0 Å². The maximum atomic E-state index is 13.1. The quantitative estimate of drug-likeness (QED) is 0.726. The zero-order valence-corrected chi connectivity index (χ0v) is 13.6. The van der Waals surface area contributed by atoms with Crippen molar-refractivity contribution < 1.29 is 8.42 Å². The first-order valence-corrected chi connectivity index (χ1v) is 8.53. The predicted molar refractivity (Wildman–Crippen MR) is 87.5 cm³/mol. The Morgan fingerprint density at radius 3 is 2.32 bits per heavy atom. The lowest BCUT2D eigenvalue weighted by atomic mass is 9.92. The van der Waals surface area contributed by atoms with E-state index in [1.807, 2.05) is 39.0 Å². The van der Waals surface area contributed by atoms with Crippen LogP contribution in [0.2, 0.25) is 0 Å². The standard InChI is InChI=1S/C17H18N2O2S/c1-17(2,3)15-12-13-8-7-11-18-16(13)19(15)22(20,21)14-9-5-4-6-10-14/h4-12H,1-3H3. The number of fused-ring (bicyclic) bond motifs is 1. The number of aromatic nitrogens is 2. The van der Waals surface area contributed by atoms with Gasteiger partial charge in [0, 0.05) is 22.7 Å². The molecule has 114 valence electrons. The maximum absolute atomic E-state index is 13.1. The number of nitrogens with zero attached hydrogens (tertiary/aromatic N) is 2. The molecule has 0 bridgehead atoms. The molecule has 3 aromatic rings. The van der Waals surface area contributed by atoms with Gasteiger partial charge in [0.1, 0.15) is 0 Å². The van der Waals surface area contributed by atoms with Crippen LogP contribution in [0.3, 0.4) is 0 Å². The summed E-state index contributed by atoms with van der Waals surface area (Å²) in [7, 11) is -3.68. The molecule has 0 N–H and O–H groups in total. The Kier molecular flexibility index (Phi) is 3.33. The Balaban J connectivity index is 2.39. The largest absolute Gasteiger partial charge is 0.269 e. The van der Waals surface area contributed by atoms with E-state index in [-0.39, 0.29) is 10.3 Å². The molecule has 2 heterocycles. The Labute approximate surface area is 130 Å². The van der Waals surface area contributed by atoms with Gasteiger partial charge in [0.2, 0.25) is 0 Å². The Bertz CT molecular complexity index is 920. The van der Waals surface area contributed by atoms with Gasteiger partial charge in [0.15, 0.2) is 5.65 Å². The van der Waals surface area contributed by atoms with E-state index in [0.29, 0.717) is 5.65 Å². The molecule has 0 fully saturated rings. The van der Waals surface area contributed by atoms with Gasteiger partial charge < -0.3 is 0 Å². The van der Waals surface area contributed by atoms with Crippen LogP contribution in [0.1, 0.15) is 26.5 Å². The minimum Gasteiger partial charge on any atom is -0.237 e. The van der Waals surface area contributed by atoms with E-state index in [1.54, 1.807) is 36.5 Å². The third kappa shape index (κ3) is 2.31. The number of hydrogen-bond acceptors (Lipinski definition) is 3. The molecule has 0 saturated carbocycles. The molecule has 0 radical (unpaired) electrons. The average molecular weight is 314 g/mol. The van der Waals surface area contributed by atoms with Gasteiger partial charge in [0.25, 0.3) is 10.0 Å². The Morgan fingerprint density at radius 1 is 1.00 bits per heavy atom. The highest BCUT2D eigenvalue weighted by Gasteiger charge is 2.29. The van der Waals surface area contributed by atoms with Crippen molar-refractivity contribution in [2.75, 3.05) is 0 Å². The summed E-state index contributed by atoms with van der Waals surface area (Å²) in [5, 5.41) is 0.826. The van der Waals surface area contributed by atoms with Gasteiger partial charge in [-0.25, -0.2) is 17.4 Å². The predicted octanol–water partition coefficient (Wildman–Crippen LogP) is 3.57. The minimum absolute atomic E-state index is 0.267. The van der Waals surface area contributed by atoms with E-state index >= 15 is 0 Å². The molecule has 2 aromatic heterocycles. The Morgan fingerprint density at radius 2 is 1.68 bits per heavy atom. The summed E-state index contributed by atoms with van der Waals surface area (Å²) < 4.78 is 27.6. The SMILES string of the molecule is CC(C)(C)c1cc2cccnc2n1S(=O)(=O)c1ccccc1. The van der Waals surface area contributed by atoms with Crippen LogP contribution in [0.15, 0.2) is 59.6 Å². The van der Waals surface area contributed by atoms with Crippen LogP contribution in [0.25, 0.3) is 11.0 Å². The van der Waals surface area contributed by atoms with Gasteiger partial charge in [-0.3, -0.25) is 0 Å². The van der Waals surface area contributed by atoms with Crippen LogP contribution in [0, 0.1) is 0 Å². The van der Waals surface area contributed by atoms with Crippen LogP contribution < -0.4 is 0 Å². The van der Waals surface area contributed by atoms with Crippen molar-refractivity contribution in [2.45, 2.75) is 31.1 Å². The molecule has 0 saturated heterocycles. The Hall–Kier alpha value is -2.14. The first-order chi connectivity index (χ1) is 10.3. The zero-order valence-electron chi connectivity index (χ0n) is 12.8. The average Bonchev–Trinajstić information content (AvgIpc) is 2.88. The van der Waals surface area contributed by atoms with E-state index < -0.39 is 10.0 Å². The molecular formula is C17H18N2O2S. The minimum atomic E-state index is -3.68. The molecule has 5 heteroatoms. The van der Waals surface area contributed by atoms with Crippen molar-refractivity contribution >= 4 is 21.1 Å². The molecule has 22 heavy (non-hydrogen) atoms. The number of hydrogen-bond donors (Lipinski definition) is 0. The van der Waals surface area contributed by atoms with Crippen LogP contribution in [0.5, 0.6) is 0 Å². The third-order valence-corrected chi connectivity index (χ3v) is 5.29. The van der Waals surface area contributed by atoms with Gasteiger partial charge in [-0.05, 0) is 30.3 Å². The zero-order chi connectivity index (χ0) is 16.0. The van der Waals surface area contributed by atoms with E-state index in [1.165, 1.54) is 3.97 Å². The van der Waals surface area contributed by atoms with Gasteiger partial charge in [-0.1, -0.05) is 39.0 Å². The molecule has 0 unspecified atom stereocenters. The number of benzene rings is 1. The maximum Gasteiger partial charge on any atom is 0.269 e. The second-order valence-electron chi connectivity index (χ2n) is 6.28. The van der Waals surface area contributed by atoms with Gasteiger partial charge in [0.05, 0.1) is 4.90 Å². The van der Waals surface area contributed by atoms with Crippen molar-refractivity contribution in [1.29, 1.82) is 0 Å². The lowest BCUT2D eigenvalue weighted by molar-refractivity contribution is 0.546. The number of pyridine rings is 1. The van der Waals surface area contributed by atoms with Crippen molar-refractivity contribution in [3.05, 3.63) is 60.4 Å². The molecule has 3 rings (SSSR count). The highest BCUT2D eigenvalue weighted by molar-refractivity contribution is 7.90.